The number of carbonyl (C=O) groups is 3. The molecule has 3 unspecified atom stereocenters. The van der Waals surface area contributed by atoms with Crippen LogP contribution in [0.5, 0.6) is 0 Å². The van der Waals surface area contributed by atoms with Gasteiger partial charge in [-0.25, -0.2) is 8.42 Å². The summed E-state index contributed by atoms with van der Waals surface area (Å²) in [7, 11) is -3.68. The molecule has 11 heteroatoms. The van der Waals surface area contributed by atoms with Crippen LogP contribution >= 0.6 is 11.8 Å². The first-order valence-electron chi connectivity index (χ1n) is 11.4. The van der Waals surface area contributed by atoms with Crippen LogP contribution in [0.2, 0.25) is 0 Å². The van der Waals surface area contributed by atoms with Crippen molar-refractivity contribution in [1.29, 1.82) is 0 Å². The van der Waals surface area contributed by atoms with Gasteiger partial charge in [0.1, 0.15) is 10.9 Å². The van der Waals surface area contributed by atoms with Gasteiger partial charge in [-0.3, -0.25) is 24.3 Å². The highest BCUT2D eigenvalue weighted by molar-refractivity contribution is 7.98. The molecule has 9 nitrogen and oxygen atoms in total. The van der Waals surface area contributed by atoms with Crippen LogP contribution in [0.3, 0.4) is 0 Å². The van der Waals surface area contributed by atoms with Crippen LogP contribution in [0.25, 0.3) is 0 Å². The predicted octanol–water partition coefficient (Wildman–Crippen LogP) is 1.21. The molecule has 2 aliphatic heterocycles. The van der Waals surface area contributed by atoms with E-state index >= 15 is 0 Å². The van der Waals surface area contributed by atoms with Crippen molar-refractivity contribution in [2.24, 2.45) is 11.8 Å². The lowest BCUT2D eigenvalue weighted by atomic mass is 9.81. The maximum absolute atomic E-state index is 13.5. The Hall–Kier alpha value is -1.98. The van der Waals surface area contributed by atoms with Gasteiger partial charge in [0.05, 0.1) is 11.8 Å². The van der Waals surface area contributed by atoms with E-state index in [1.807, 2.05) is 6.26 Å². The predicted molar refractivity (Wildman–Crippen MR) is 124 cm³/mol. The second-order valence-corrected chi connectivity index (χ2v) is 11.7. The fourth-order valence-corrected chi connectivity index (χ4v) is 6.94. The van der Waals surface area contributed by atoms with Crippen LogP contribution in [0, 0.1) is 11.8 Å². The second kappa shape index (κ2) is 10.1. The van der Waals surface area contributed by atoms with Gasteiger partial charge in [0, 0.05) is 38.6 Å². The highest BCUT2D eigenvalue weighted by Crippen LogP contribution is 2.39. The number of hydrogen-bond acceptors (Lipinski definition) is 7. The molecule has 3 amide bonds. The van der Waals surface area contributed by atoms with Gasteiger partial charge in [-0.15, -0.1) is 0 Å². The van der Waals surface area contributed by atoms with Crippen LogP contribution in [0.1, 0.15) is 32.1 Å². The lowest BCUT2D eigenvalue weighted by molar-refractivity contribution is -0.152. The number of likely N-dealkylation sites (tertiary alicyclic amines) is 1. The van der Waals surface area contributed by atoms with Crippen molar-refractivity contribution in [3.05, 3.63) is 24.5 Å². The van der Waals surface area contributed by atoms with Crippen LogP contribution in [-0.4, -0.2) is 89.5 Å². The van der Waals surface area contributed by atoms with Gasteiger partial charge in [-0.05, 0) is 43.4 Å². The molecule has 1 aromatic rings. The first-order chi connectivity index (χ1) is 15.9. The van der Waals surface area contributed by atoms with Gasteiger partial charge < -0.3 is 4.90 Å². The van der Waals surface area contributed by atoms with E-state index < -0.39 is 16.1 Å². The topological polar surface area (TPSA) is 108 Å². The lowest BCUT2D eigenvalue weighted by Crippen LogP contribution is -2.57. The molecular weight excluding hydrogens is 464 g/mol. The molecule has 33 heavy (non-hydrogen) atoms. The van der Waals surface area contributed by atoms with E-state index in [4.69, 9.17) is 0 Å². The molecule has 3 atom stereocenters. The highest BCUT2D eigenvalue weighted by atomic mass is 32.2. The molecule has 2 saturated heterocycles. The summed E-state index contributed by atoms with van der Waals surface area (Å²) in [6.45, 7) is 0.755. The number of aromatic nitrogens is 1. The number of fused-ring (bicyclic) bond motifs is 1. The fraction of sp³-hybridized carbons (Fsp3) is 0.636. The Labute approximate surface area is 198 Å². The van der Waals surface area contributed by atoms with E-state index in [9.17, 15) is 22.8 Å². The van der Waals surface area contributed by atoms with Gasteiger partial charge in [-0.2, -0.15) is 16.1 Å². The first-order valence-corrected chi connectivity index (χ1v) is 14.2. The summed E-state index contributed by atoms with van der Waals surface area (Å²) in [6.07, 6.45) is 8.45. The monoisotopic (exact) mass is 494 g/mol. The van der Waals surface area contributed by atoms with Crippen molar-refractivity contribution in [2.45, 2.75) is 43.0 Å². The molecule has 1 saturated carbocycles. The summed E-state index contributed by atoms with van der Waals surface area (Å²) in [6, 6.07) is 2.26. The Bertz CT molecular complexity index is 971. The average Bonchev–Trinajstić information content (AvgIpc) is 3.10. The van der Waals surface area contributed by atoms with E-state index in [0.29, 0.717) is 25.0 Å². The van der Waals surface area contributed by atoms with Crippen molar-refractivity contribution in [2.75, 3.05) is 38.2 Å². The molecule has 0 N–H and O–H groups in total. The number of piperazine rings is 1. The van der Waals surface area contributed by atoms with Crippen molar-refractivity contribution >= 4 is 39.5 Å². The number of imide groups is 1. The molecule has 4 rings (SSSR count). The molecular formula is C22H30N4O5S2. The zero-order chi connectivity index (χ0) is 23.6. The standard InChI is InChI=1S/C22H30N4O5S2/c1-32-14-8-19(26-20(27)17-6-2-3-7-18(17)21(26)28)22(29)24-10-12-25(13-11-24)33(30,31)16-5-4-9-23-15-16/h4-5,9,15,17-19H,2-3,6-8,10-14H2,1H3. The van der Waals surface area contributed by atoms with Gasteiger partial charge in [-0.1, -0.05) is 12.8 Å². The smallest absolute Gasteiger partial charge is 0.245 e. The summed E-state index contributed by atoms with van der Waals surface area (Å²) in [4.78, 5) is 46.6. The van der Waals surface area contributed by atoms with Gasteiger partial charge in [0.2, 0.25) is 27.7 Å². The quantitative estimate of drug-likeness (QED) is 0.524. The Balaban J connectivity index is 1.47. The van der Waals surface area contributed by atoms with Crippen LogP contribution in [0.15, 0.2) is 29.4 Å². The number of thioether (sulfide) groups is 1. The molecule has 0 bridgehead atoms. The van der Waals surface area contributed by atoms with E-state index in [1.54, 1.807) is 22.7 Å². The minimum atomic E-state index is -3.68. The van der Waals surface area contributed by atoms with Crippen molar-refractivity contribution in [3.63, 3.8) is 0 Å². The number of rotatable bonds is 7. The maximum atomic E-state index is 13.5. The molecule has 1 aliphatic carbocycles. The number of sulfonamides is 1. The normalized spacial score (nSPS) is 25.2. The maximum Gasteiger partial charge on any atom is 0.245 e. The highest BCUT2D eigenvalue weighted by Gasteiger charge is 2.52. The molecule has 0 spiro atoms. The Kier molecular flexibility index (Phi) is 7.40. The number of hydrogen-bond donors (Lipinski definition) is 0. The third kappa shape index (κ3) is 4.67. The van der Waals surface area contributed by atoms with Crippen LogP contribution in [0.4, 0.5) is 0 Å². The molecule has 3 fully saturated rings. The SMILES string of the molecule is CSCCC(C(=O)N1CCN(S(=O)(=O)c2cccnc2)CC1)N1C(=O)C2CCCCC2C1=O. The number of pyridine rings is 1. The minimum Gasteiger partial charge on any atom is -0.338 e. The summed E-state index contributed by atoms with van der Waals surface area (Å²) in [5, 5.41) is 0. The Morgan fingerprint density at radius 1 is 1.12 bits per heavy atom. The Morgan fingerprint density at radius 2 is 1.76 bits per heavy atom. The molecule has 3 aliphatic rings. The Morgan fingerprint density at radius 3 is 2.30 bits per heavy atom. The summed E-state index contributed by atoms with van der Waals surface area (Å²) >= 11 is 1.57. The number of nitrogens with zero attached hydrogens (tertiary/aromatic N) is 4. The number of carbonyl (C=O) groups excluding carboxylic acids is 3. The first kappa shape index (κ1) is 24.2. The lowest BCUT2D eigenvalue weighted by Gasteiger charge is -2.37. The van der Waals surface area contributed by atoms with Crippen molar-refractivity contribution in [1.82, 2.24) is 19.1 Å². The van der Waals surface area contributed by atoms with E-state index in [0.717, 1.165) is 12.8 Å². The summed E-state index contributed by atoms with van der Waals surface area (Å²) in [5.41, 5.74) is 0. The number of amides is 3. The van der Waals surface area contributed by atoms with E-state index in [-0.39, 0.29) is 60.6 Å². The third-order valence-corrected chi connectivity index (χ3v) is 9.42. The fourth-order valence-electron chi connectivity index (χ4n) is 5.10. The average molecular weight is 495 g/mol. The summed E-state index contributed by atoms with van der Waals surface area (Å²) in [5.74, 6) is -0.612. The zero-order valence-corrected chi connectivity index (χ0v) is 20.4. The third-order valence-electron chi connectivity index (χ3n) is 6.89. The molecule has 180 valence electrons. The molecule has 3 heterocycles. The molecule has 1 aromatic heterocycles. The molecule has 0 aromatic carbocycles. The largest absolute Gasteiger partial charge is 0.338 e. The minimum absolute atomic E-state index is 0.124. The second-order valence-electron chi connectivity index (χ2n) is 8.76. The van der Waals surface area contributed by atoms with Gasteiger partial charge >= 0.3 is 0 Å². The zero-order valence-electron chi connectivity index (χ0n) is 18.8. The summed E-state index contributed by atoms with van der Waals surface area (Å²) < 4.78 is 27.1. The van der Waals surface area contributed by atoms with Crippen LogP contribution < -0.4 is 0 Å². The van der Waals surface area contributed by atoms with Gasteiger partial charge in [0.25, 0.3) is 0 Å². The van der Waals surface area contributed by atoms with E-state index in [1.165, 1.54) is 27.7 Å². The van der Waals surface area contributed by atoms with Crippen molar-refractivity contribution in [3.8, 4) is 0 Å². The molecule has 0 radical (unpaired) electrons. The van der Waals surface area contributed by atoms with Gasteiger partial charge in [0.15, 0.2) is 0 Å². The van der Waals surface area contributed by atoms with Crippen molar-refractivity contribution < 1.29 is 22.8 Å². The van der Waals surface area contributed by atoms with E-state index in [2.05, 4.69) is 4.98 Å². The van der Waals surface area contributed by atoms with Crippen LogP contribution in [-0.2, 0) is 24.4 Å².